The molecule has 2 fully saturated rings. The molecule has 0 spiro atoms. The van der Waals surface area contributed by atoms with Gasteiger partial charge in [-0.3, -0.25) is 9.69 Å². The highest BCUT2D eigenvalue weighted by atomic mass is 16.5. The maximum Gasteiger partial charge on any atom is 0.236 e. The lowest BCUT2D eigenvalue weighted by molar-refractivity contribution is -0.134. The number of aryl methyl sites for hydroxylation is 1. The maximum atomic E-state index is 12.6. The van der Waals surface area contributed by atoms with Crippen molar-refractivity contribution in [3.05, 3.63) is 29.8 Å². The summed E-state index contributed by atoms with van der Waals surface area (Å²) >= 11 is 0. The van der Waals surface area contributed by atoms with Gasteiger partial charge in [0.25, 0.3) is 0 Å². The first-order valence-corrected chi connectivity index (χ1v) is 8.93. The zero-order valence-corrected chi connectivity index (χ0v) is 15.2. The van der Waals surface area contributed by atoms with Crippen LogP contribution < -0.4 is 4.74 Å². The quantitative estimate of drug-likeness (QED) is 0.776. The molecular formula is C19H28N2O4. The molecule has 6 heteroatoms. The van der Waals surface area contributed by atoms with Crippen molar-refractivity contribution in [1.82, 2.24) is 9.80 Å². The predicted octanol–water partition coefficient (Wildman–Crippen LogP) is 1.32. The zero-order valence-electron chi connectivity index (χ0n) is 15.2. The number of amides is 1. The smallest absolute Gasteiger partial charge is 0.236 e. The average molecular weight is 348 g/mol. The molecule has 1 aromatic rings. The molecule has 2 saturated heterocycles. The van der Waals surface area contributed by atoms with Crippen molar-refractivity contribution < 1.29 is 19.0 Å². The summed E-state index contributed by atoms with van der Waals surface area (Å²) in [6.45, 7) is 7.31. The van der Waals surface area contributed by atoms with Gasteiger partial charge in [-0.1, -0.05) is 18.2 Å². The SMILES string of the molecule is COC1(COc2ccccc2C)CCN(C(=O)CN2CCOCC2)C1. The number of carbonyl (C=O) groups excluding carboxylic acids is 1. The number of nitrogens with zero attached hydrogens (tertiary/aromatic N) is 2. The van der Waals surface area contributed by atoms with E-state index in [-0.39, 0.29) is 5.91 Å². The Morgan fingerprint density at radius 1 is 1.24 bits per heavy atom. The molecule has 2 aliphatic heterocycles. The van der Waals surface area contributed by atoms with Crippen molar-refractivity contribution >= 4 is 5.91 Å². The summed E-state index contributed by atoms with van der Waals surface area (Å²) in [6, 6.07) is 7.96. The van der Waals surface area contributed by atoms with Gasteiger partial charge in [0.05, 0.1) is 26.3 Å². The van der Waals surface area contributed by atoms with Gasteiger partial charge in [-0.05, 0) is 25.0 Å². The maximum absolute atomic E-state index is 12.6. The van der Waals surface area contributed by atoms with Gasteiger partial charge in [-0.25, -0.2) is 0 Å². The van der Waals surface area contributed by atoms with E-state index in [0.29, 0.717) is 39.5 Å². The fourth-order valence-electron chi connectivity index (χ4n) is 3.38. The van der Waals surface area contributed by atoms with Gasteiger partial charge in [0, 0.05) is 26.7 Å². The lowest BCUT2D eigenvalue weighted by atomic mass is 10.0. The lowest BCUT2D eigenvalue weighted by Gasteiger charge is -2.30. The number of methoxy groups -OCH3 is 1. The summed E-state index contributed by atoms with van der Waals surface area (Å²) < 4.78 is 17.1. The molecule has 0 aliphatic carbocycles. The molecule has 25 heavy (non-hydrogen) atoms. The number of ether oxygens (including phenoxy) is 3. The van der Waals surface area contributed by atoms with Crippen LogP contribution in [0.25, 0.3) is 0 Å². The molecule has 6 nitrogen and oxygen atoms in total. The van der Waals surface area contributed by atoms with Crippen molar-refractivity contribution in [3.63, 3.8) is 0 Å². The van der Waals surface area contributed by atoms with Crippen LogP contribution in [0, 0.1) is 6.92 Å². The number of carbonyl (C=O) groups is 1. The Morgan fingerprint density at radius 2 is 2.00 bits per heavy atom. The van der Waals surface area contributed by atoms with E-state index in [9.17, 15) is 4.79 Å². The van der Waals surface area contributed by atoms with Crippen LogP contribution in [0.5, 0.6) is 5.75 Å². The van der Waals surface area contributed by atoms with Gasteiger partial charge in [0.15, 0.2) is 0 Å². The van der Waals surface area contributed by atoms with E-state index in [0.717, 1.165) is 30.8 Å². The minimum Gasteiger partial charge on any atom is -0.490 e. The Labute approximate surface area is 149 Å². The molecule has 1 unspecified atom stereocenters. The van der Waals surface area contributed by atoms with Gasteiger partial charge in [-0.15, -0.1) is 0 Å². The standard InChI is InChI=1S/C19H28N2O4/c1-16-5-3-4-6-17(16)25-15-19(23-2)7-8-21(14-19)18(22)13-20-9-11-24-12-10-20/h3-6H,7-15H2,1-2H3. The number of rotatable bonds is 6. The first kappa shape index (κ1) is 18.2. The Balaban J connectivity index is 1.54. The molecular weight excluding hydrogens is 320 g/mol. The van der Waals surface area contributed by atoms with Gasteiger partial charge in [-0.2, -0.15) is 0 Å². The highest BCUT2D eigenvalue weighted by molar-refractivity contribution is 5.78. The molecule has 2 heterocycles. The molecule has 1 atom stereocenters. The second-order valence-electron chi connectivity index (χ2n) is 6.90. The second-order valence-corrected chi connectivity index (χ2v) is 6.90. The highest BCUT2D eigenvalue weighted by Gasteiger charge is 2.41. The van der Waals surface area contributed by atoms with E-state index >= 15 is 0 Å². The van der Waals surface area contributed by atoms with Crippen molar-refractivity contribution in [2.24, 2.45) is 0 Å². The molecule has 0 radical (unpaired) electrons. The molecule has 0 aromatic heterocycles. The monoisotopic (exact) mass is 348 g/mol. The molecule has 0 N–H and O–H groups in total. The Hall–Kier alpha value is -1.63. The van der Waals surface area contributed by atoms with E-state index in [1.54, 1.807) is 7.11 Å². The van der Waals surface area contributed by atoms with Gasteiger partial charge < -0.3 is 19.1 Å². The topological polar surface area (TPSA) is 51.2 Å². The van der Waals surface area contributed by atoms with Crippen molar-refractivity contribution in [2.45, 2.75) is 18.9 Å². The largest absolute Gasteiger partial charge is 0.490 e. The summed E-state index contributed by atoms with van der Waals surface area (Å²) in [7, 11) is 1.71. The van der Waals surface area contributed by atoms with E-state index in [2.05, 4.69) is 4.90 Å². The first-order valence-electron chi connectivity index (χ1n) is 8.93. The summed E-state index contributed by atoms with van der Waals surface area (Å²) in [5.41, 5.74) is 0.676. The highest BCUT2D eigenvalue weighted by Crippen LogP contribution is 2.27. The molecule has 0 saturated carbocycles. The number of hydrogen-bond acceptors (Lipinski definition) is 5. The van der Waals surface area contributed by atoms with Crippen LogP contribution in [-0.2, 0) is 14.3 Å². The summed E-state index contributed by atoms with van der Waals surface area (Å²) in [5, 5.41) is 0. The van der Waals surface area contributed by atoms with Crippen LogP contribution in [0.3, 0.4) is 0 Å². The number of para-hydroxylation sites is 1. The Morgan fingerprint density at radius 3 is 2.72 bits per heavy atom. The Bertz CT molecular complexity index is 589. The number of benzene rings is 1. The van der Waals surface area contributed by atoms with Crippen LogP contribution in [0.4, 0.5) is 0 Å². The van der Waals surface area contributed by atoms with Crippen molar-refractivity contribution in [2.75, 3.05) is 59.7 Å². The number of morpholine rings is 1. The number of likely N-dealkylation sites (tertiary alicyclic amines) is 1. The van der Waals surface area contributed by atoms with Crippen LogP contribution in [0.1, 0.15) is 12.0 Å². The van der Waals surface area contributed by atoms with Crippen molar-refractivity contribution in [1.29, 1.82) is 0 Å². The third kappa shape index (κ3) is 4.51. The summed E-state index contributed by atoms with van der Waals surface area (Å²) in [4.78, 5) is 16.7. The van der Waals surface area contributed by atoms with Crippen LogP contribution in [-0.4, -0.2) is 81.0 Å². The minimum absolute atomic E-state index is 0.164. The van der Waals surface area contributed by atoms with Crippen LogP contribution in [0.15, 0.2) is 24.3 Å². The van der Waals surface area contributed by atoms with Gasteiger partial charge in [0.1, 0.15) is 18.0 Å². The van der Waals surface area contributed by atoms with E-state index in [1.165, 1.54) is 0 Å². The lowest BCUT2D eigenvalue weighted by Crippen LogP contribution is -2.46. The molecule has 1 aromatic carbocycles. The molecule has 2 aliphatic rings. The first-order chi connectivity index (χ1) is 12.1. The third-order valence-electron chi connectivity index (χ3n) is 5.15. The summed E-state index contributed by atoms with van der Waals surface area (Å²) in [6.07, 6.45) is 0.796. The zero-order chi connectivity index (χ0) is 17.7. The fraction of sp³-hybridized carbons (Fsp3) is 0.632. The van der Waals surface area contributed by atoms with Crippen LogP contribution >= 0.6 is 0 Å². The van der Waals surface area contributed by atoms with Crippen LogP contribution in [0.2, 0.25) is 0 Å². The molecule has 1 amide bonds. The van der Waals surface area contributed by atoms with E-state index in [4.69, 9.17) is 14.2 Å². The molecule has 3 rings (SSSR count). The van der Waals surface area contributed by atoms with Gasteiger partial charge in [0.2, 0.25) is 5.91 Å². The van der Waals surface area contributed by atoms with E-state index in [1.807, 2.05) is 36.1 Å². The van der Waals surface area contributed by atoms with Crippen molar-refractivity contribution in [3.8, 4) is 5.75 Å². The Kier molecular flexibility index (Phi) is 5.93. The normalized spacial score (nSPS) is 24.5. The third-order valence-corrected chi connectivity index (χ3v) is 5.15. The fourth-order valence-corrected chi connectivity index (χ4v) is 3.38. The summed E-state index contributed by atoms with van der Waals surface area (Å²) in [5.74, 6) is 1.04. The predicted molar refractivity (Wildman–Crippen MR) is 94.9 cm³/mol. The molecule has 0 bridgehead atoms. The van der Waals surface area contributed by atoms with Gasteiger partial charge >= 0.3 is 0 Å². The second kappa shape index (κ2) is 8.17. The molecule has 138 valence electrons. The minimum atomic E-state index is -0.428. The van der Waals surface area contributed by atoms with E-state index < -0.39 is 5.60 Å². The number of hydrogen-bond donors (Lipinski definition) is 0. The average Bonchev–Trinajstić information content (AvgIpc) is 3.07.